The average Bonchev–Trinajstić information content (AvgIpc) is 2.63. The quantitative estimate of drug-likeness (QED) is 0.941. The van der Waals surface area contributed by atoms with Crippen molar-refractivity contribution in [3.05, 3.63) is 65.7 Å². The number of hydrogen-bond donors (Lipinski definition) is 1. The lowest BCUT2D eigenvalue weighted by molar-refractivity contribution is -0.131. The maximum atomic E-state index is 12.5. The molecule has 0 aromatic heterocycles. The predicted molar refractivity (Wildman–Crippen MR) is 98.0 cm³/mol. The fraction of sp³-hybridized carbons (Fsp3) is 0.350. The van der Waals surface area contributed by atoms with Gasteiger partial charge >= 0.3 is 0 Å². The number of amides is 1. The molecule has 1 saturated heterocycles. The van der Waals surface area contributed by atoms with Gasteiger partial charge in [0.05, 0.1) is 0 Å². The number of nitrogens with two attached hydrogens (primary N) is 1. The summed E-state index contributed by atoms with van der Waals surface area (Å²) in [6, 6.07) is 18.0. The zero-order valence-electron chi connectivity index (χ0n) is 14.2. The number of piperazine rings is 1. The van der Waals surface area contributed by atoms with Crippen LogP contribution in [0.5, 0.6) is 0 Å². The SMILES string of the molecule is Cc1ccccc1N1CCN(C(=O)CC(N)c2ccccc2)CC1. The van der Waals surface area contributed by atoms with Gasteiger partial charge in [-0.3, -0.25) is 4.79 Å². The molecule has 1 aliphatic heterocycles. The summed E-state index contributed by atoms with van der Waals surface area (Å²) in [6.07, 6.45) is 0.369. The minimum atomic E-state index is -0.229. The highest BCUT2D eigenvalue weighted by molar-refractivity contribution is 5.77. The van der Waals surface area contributed by atoms with Crippen LogP contribution in [-0.2, 0) is 4.79 Å². The average molecular weight is 323 g/mol. The van der Waals surface area contributed by atoms with E-state index in [2.05, 4.69) is 36.1 Å². The van der Waals surface area contributed by atoms with Gasteiger partial charge in [0.2, 0.25) is 5.91 Å². The number of para-hydroxylation sites is 1. The fourth-order valence-electron chi connectivity index (χ4n) is 3.25. The Balaban J connectivity index is 1.55. The number of nitrogens with zero attached hydrogens (tertiary/aromatic N) is 2. The van der Waals surface area contributed by atoms with E-state index in [1.54, 1.807) is 0 Å². The Morgan fingerprint density at radius 2 is 1.62 bits per heavy atom. The third kappa shape index (κ3) is 3.77. The van der Waals surface area contributed by atoms with Crippen LogP contribution >= 0.6 is 0 Å². The monoisotopic (exact) mass is 323 g/mol. The molecule has 2 aromatic rings. The molecule has 2 N–H and O–H groups in total. The van der Waals surface area contributed by atoms with Crippen LogP contribution < -0.4 is 10.6 Å². The van der Waals surface area contributed by atoms with Crippen molar-refractivity contribution in [3.63, 3.8) is 0 Å². The van der Waals surface area contributed by atoms with Crippen molar-refractivity contribution in [1.29, 1.82) is 0 Å². The van der Waals surface area contributed by atoms with Crippen LogP contribution in [0.3, 0.4) is 0 Å². The molecule has 24 heavy (non-hydrogen) atoms. The van der Waals surface area contributed by atoms with Crippen molar-refractivity contribution in [1.82, 2.24) is 4.90 Å². The van der Waals surface area contributed by atoms with Gasteiger partial charge < -0.3 is 15.5 Å². The van der Waals surface area contributed by atoms with E-state index in [-0.39, 0.29) is 11.9 Å². The standard InChI is InChI=1S/C20H25N3O/c1-16-7-5-6-10-19(16)22-11-13-23(14-12-22)20(24)15-18(21)17-8-3-2-4-9-17/h2-10,18H,11-15,21H2,1H3. The molecule has 0 saturated carbocycles. The van der Waals surface area contributed by atoms with Crippen molar-refractivity contribution in [3.8, 4) is 0 Å². The Kier molecular flexibility index (Phi) is 5.16. The van der Waals surface area contributed by atoms with Gasteiger partial charge in [-0.1, -0.05) is 48.5 Å². The Labute approximate surface area is 143 Å². The highest BCUT2D eigenvalue weighted by atomic mass is 16.2. The van der Waals surface area contributed by atoms with E-state index in [9.17, 15) is 4.79 Å². The van der Waals surface area contributed by atoms with E-state index >= 15 is 0 Å². The molecule has 1 aliphatic rings. The predicted octanol–water partition coefficient (Wildman–Crippen LogP) is 2.73. The van der Waals surface area contributed by atoms with Gasteiger partial charge in [-0.05, 0) is 24.1 Å². The largest absolute Gasteiger partial charge is 0.368 e. The molecule has 3 rings (SSSR count). The second-order valence-electron chi connectivity index (χ2n) is 6.38. The summed E-state index contributed by atoms with van der Waals surface area (Å²) in [5.41, 5.74) is 9.75. The zero-order chi connectivity index (χ0) is 16.9. The number of aryl methyl sites for hydroxylation is 1. The summed E-state index contributed by atoms with van der Waals surface area (Å²) in [7, 11) is 0. The Morgan fingerprint density at radius 3 is 2.29 bits per heavy atom. The molecule has 0 bridgehead atoms. The van der Waals surface area contributed by atoms with Crippen molar-refractivity contribution in [2.75, 3.05) is 31.1 Å². The van der Waals surface area contributed by atoms with Crippen LogP contribution in [0.25, 0.3) is 0 Å². The lowest BCUT2D eigenvalue weighted by atomic mass is 10.0. The maximum Gasteiger partial charge on any atom is 0.224 e. The first-order chi connectivity index (χ1) is 11.6. The summed E-state index contributed by atoms with van der Waals surface area (Å²) in [4.78, 5) is 16.8. The summed E-state index contributed by atoms with van der Waals surface area (Å²) in [5.74, 6) is 0.149. The van der Waals surface area contributed by atoms with Crippen LogP contribution in [0.2, 0.25) is 0 Å². The third-order valence-electron chi connectivity index (χ3n) is 4.71. The zero-order valence-corrected chi connectivity index (χ0v) is 14.2. The molecule has 0 radical (unpaired) electrons. The van der Waals surface area contributed by atoms with Gasteiger partial charge in [0.25, 0.3) is 0 Å². The van der Waals surface area contributed by atoms with E-state index in [1.807, 2.05) is 35.2 Å². The number of benzene rings is 2. The molecule has 1 amide bonds. The van der Waals surface area contributed by atoms with Gasteiger partial charge in [-0.2, -0.15) is 0 Å². The lowest BCUT2D eigenvalue weighted by Crippen LogP contribution is -2.49. The molecule has 1 heterocycles. The van der Waals surface area contributed by atoms with Gasteiger partial charge in [-0.15, -0.1) is 0 Å². The Bertz CT molecular complexity index is 678. The van der Waals surface area contributed by atoms with E-state index in [0.29, 0.717) is 6.42 Å². The summed E-state index contributed by atoms with van der Waals surface area (Å²) in [6.45, 7) is 5.39. The molecule has 1 unspecified atom stereocenters. The Morgan fingerprint density at radius 1 is 1.00 bits per heavy atom. The molecule has 4 nitrogen and oxygen atoms in total. The molecule has 2 aromatic carbocycles. The molecule has 0 aliphatic carbocycles. The van der Waals surface area contributed by atoms with E-state index in [1.165, 1.54) is 11.3 Å². The van der Waals surface area contributed by atoms with Gasteiger partial charge in [-0.25, -0.2) is 0 Å². The first-order valence-electron chi connectivity index (χ1n) is 8.54. The molecular formula is C20H25N3O. The van der Waals surface area contributed by atoms with Gasteiger partial charge in [0.15, 0.2) is 0 Å². The summed E-state index contributed by atoms with van der Waals surface area (Å²) >= 11 is 0. The van der Waals surface area contributed by atoms with Gasteiger partial charge in [0, 0.05) is 44.3 Å². The Hall–Kier alpha value is -2.33. The maximum absolute atomic E-state index is 12.5. The van der Waals surface area contributed by atoms with Crippen LogP contribution in [0.1, 0.15) is 23.6 Å². The summed E-state index contributed by atoms with van der Waals surface area (Å²) in [5, 5.41) is 0. The fourth-order valence-corrected chi connectivity index (χ4v) is 3.25. The number of hydrogen-bond acceptors (Lipinski definition) is 3. The normalized spacial score (nSPS) is 16.1. The lowest BCUT2D eigenvalue weighted by Gasteiger charge is -2.37. The first kappa shape index (κ1) is 16.5. The molecular weight excluding hydrogens is 298 g/mol. The highest BCUT2D eigenvalue weighted by Gasteiger charge is 2.23. The second-order valence-corrected chi connectivity index (χ2v) is 6.38. The molecule has 1 fully saturated rings. The number of anilines is 1. The number of carbonyl (C=O) groups is 1. The molecule has 4 heteroatoms. The number of rotatable bonds is 4. The molecule has 1 atom stereocenters. The van der Waals surface area contributed by atoms with Crippen molar-refractivity contribution >= 4 is 11.6 Å². The van der Waals surface area contributed by atoms with Crippen molar-refractivity contribution in [2.45, 2.75) is 19.4 Å². The van der Waals surface area contributed by atoms with Crippen molar-refractivity contribution in [2.24, 2.45) is 5.73 Å². The molecule has 126 valence electrons. The topological polar surface area (TPSA) is 49.6 Å². The minimum Gasteiger partial charge on any atom is -0.368 e. The van der Waals surface area contributed by atoms with Gasteiger partial charge in [0.1, 0.15) is 0 Å². The van der Waals surface area contributed by atoms with Crippen LogP contribution in [0.15, 0.2) is 54.6 Å². The van der Waals surface area contributed by atoms with E-state index in [4.69, 9.17) is 5.73 Å². The second kappa shape index (κ2) is 7.49. The smallest absolute Gasteiger partial charge is 0.224 e. The molecule has 0 spiro atoms. The van der Waals surface area contributed by atoms with E-state index < -0.39 is 0 Å². The summed E-state index contributed by atoms with van der Waals surface area (Å²) < 4.78 is 0. The van der Waals surface area contributed by atoms with Crippen molar-refractivity contribution < 1.29 is 4.79 Å². The third-order valence-corrected chi connectivity index (χ3v) is 4.71. The van der Waals surface area contributed by atoms with Crippen LogP contribution in [-0.4, -0.2) is 37.0 Å². The van der Waals surface area contributed by atoms with Crippen LogP contribution in [0.4, 0.5) is 5.69 Å². The highest BCUT2D eigenvalue weighted by Crippen LogP contribution is 2.21. The van der Waals surface area contributed by atoms with Crippen LogP contribution in [0, 0.1) is 6.92 Å². The minimum absolute atomic E-state index is 0.149. The number of carbonyl (C=O) groups excluding carboxylic acids is 1. The van der Waals surface area contributed by atoms with E-state index in [0.717, 1.165) is 31.7 Å². The first-order valence-corrected chi connectivity index (χ1v) is 8.54.